The number of halogens is 3. The van der Waals surface area contributed by atoms with Gasteiger partial charge in [0.2, 0.25) is 10.0 Å². The number of sulfonamides is 1. The van der Waals surface area contributed by atoms with Crippen LogP contribution in [-0.2, 0) is 16.6 Å². The van der Waals surface area contributed by atoms with Crippen LogP contribution in [0.5, 0.6) is 0 Å². The van der Waals surface area contributed by atoms with Crippen molar-refractivity contribution in [1.29, 1.82) is 0 Å². The van der Waals surface area contributed by atoms with Crippen LogP contribution in [0, 0.1) is 0 Å². The van der Waals surface area contributed by atoms with Gasteiger partial charge in [-0.15, -0.1) is 0 Å². The van der Waals surface area contributed by atoms with Gasteiger partial charge in [-0.25, -0.2) is 13.4 Å². The van der Waals surface area contributed by atoms with Crippen molar-refractivity contribution in [3.05, 3.63) is 75.2 Å². The molecule has 8 nitrogen and oxygen atoms in total. The van der Waals surface area contributed by atoms with Gasteiger partial charge in [-0.05, 0) is 42.1 Å². The minimum Gasteiger partial charge on any atom is -0.366 e. The molecule has 1 aliphatic rings. The molecule has 1 fully saturated rings. The highest BCUT2D eigenvalue weighted by Crippen LogP contribution is 2.37. The Bertz CT molecular complexity index is 1510. The molecule has 1 saturated heterocycles. The van der Waals surface area contributed by atoms with Gasteiger partial charge in [0.15, 0.2) is 5.65 Å². The quantitative estimate of drug-likeness (QED) is 0.357. The number of anilines is 1. The van der Waals surface area contributed by atoms with Crippen LogP contribution >= 0.6 is 34.8 Å². The Hall–Kier alpha value is -2.37. The zero-order chi connectivity index (χ0) is 25.4. The molecule has 13 heteroatoms. The summed E-state index contributed by atoms with van der Waals surface area (Å²) in [4.78, 5) is 8.75. The van der Waals surface area contributed by atoms with Gasteiger partial charge >= 0.3 is 0 Å². The molecule has 1 N–H and O–H groups in total. The molecule has 0 aliphatic carbocycles. The Labute approximate surface area is 225 Å². The third-order valence-corrected chi connectivity index (χ3v) is 9.08. The topological polar surface area (TPSA) is 92.5 Å². The normalized spacial score (nSPS) is 16.9. The third-order valence-electron chi connectivity index (χ3n) is 6.08. The van der Waals surface area contributed by atoms with Crippen LogP contribution in [0.15, 0.2) is 53.8 Å². The molecule has 3 aromatic heterocycles. The summed E-state index contributed by atoms with van der Waals surface area (Å²) in [6, 6.07) is 8.47. The van der Waals surface area contributed by atoms with E-state index in [4.69, 9.17) is 47.6 Å². The molecule has 1 unspecified atom stereocenters. The van der Waals surface area contributed by atoms with E-state index in [1.54, 1.807) is 23.1 Å². The van der Waals surface area contributed by atoms with E-state index in [1.165, 1.54) is 16.4 Å². The smallest absolute Gasteiger partial charge is 0.246 e. The van der Waals surface area contributed by atoms with Crippen LogP contribution in [0.25, 0.3) is 5.65 Å². The van der Waals surface area contributed by atoms with Crippen molar-refractivity contribution in [1.82, 2.24) is 23.9 Å². The number of aromatic nitrogens is 4. The van der Waals surface area contributed by atoms with Gasteiger partial charge < -0.3 is 5.32 Å². The minimum atomic E-state index is -3.96. The number of piperidine rings is 1. The summed E-state index contributed by atoms with van der Waals surface area (Å²) in [6.45, 7) is 1.08. The highest BCUT2D eigenvalue weighted by molar-refractivity contribution is 7.89. The first-order valence-corrected chi connectivity index (χ1v) is 13.7. The number of nitrogens with zero attached hydrogens (tertiary/aromatic N) is 5. The number of nitrogens with one attached hydrogen (secondary N) is 1. The summed E-state index contributed by atoms with van der Waals surface area (Å²) in [7, 11) is 2.18. The van der Waals surface area contributed by atoms with E-state index >= 15 is 0 Å². The van der Waals surface area contributed by atoms with E-state index in [1.807, 2.05) is 18.2 Å². The van der Waals surface area contributed by atoms with E-state index in [-0.39, 0.29) is 32.4 Å². The van der Waals surface area contributed by atoms with Gasteiger partial charge in [0.05, 0.1) is 15.7 Å². The second-order valence-corrected chi connectivity index (χ2v) is 11.6. The average Bonchev–Trinajstić information content (AvgIpc) is 3.23. The van der Waals surface area contributed by atoms with Crippen molar-refractivity contribution in [3.63, 3.8) is 0 Å². The van der Waals surface area contributed by atoms with Crippen molar-refractivity contribution in [2.75, 3.05) is 18.4 Å². The summed E-state index contributed by atoms with van der Waals surface area (Å²) < 4.78 is 30.1. The Morgan fingerprint density at radius 3 is 2.64 bits per heavy atom. The van der Waals surface area contributed by atoms with E-state index in [9.17, 15) is 8.42 Å². The zero-order valence-electron chi connectivity index (χ0n) is 18.9. The number of fused-ring (bicyclic) bond motifs is 1. The number of rotatable bonds is 6. The molecular weight excluding hydrogens is 542 g/mol. The molecule has 0 saturated carbocycles. The molecule has 1 aromatic carbocycles. The van der Waals surface area contributed by atoms with E-state index in [0.717, 1.165) is 17.7 Å². The number of pyridine rings is 1. The van der Waals surface area contributed by atoms with Crippen molar-refractivity contribution < 1.29 is 8.42 Å². The highest BCUT2D eigenvalue weighted by atomic mass is 35.5. The second-order valence-electron chi connectivity index (χ2n) is 8.52. The summed E-state index contributed by atoms with van der Waals surface area (Å²) in [5, 5.41) is 7.96. The van der Waals surface area contributed by atoms with Crippen LogP contribution < -0.4 is 10.8 Å². The van der Waals surface area contributed by atoms with E-state index < -0.39 is 10.0 Å². The Morgan fingerprint density at radius 1 is 1.14 bits per heavy atom. The monoisotopic (exact) mass is 560 g/mol. The number of hydrogen-bond donors (Lipinski definition) is 1. The highest BCUT2D eigenvalue weighted by Gasteiger charge is 2.34. The number of hydrogen-bond acceptors (Lipinski definition) is 6. The Kier molecular flexibility index (Phi) is 7.15. The minimum absolute atomic E-state index is 0.0110. The zero-order valence-corrected chi connectivity index (χ0v) is 22.0. The fourth-order valence-corrected chi connectivity index (χ4v) is 7.35. The lowest BCUT2D eigenvalue weighted by atomic mass is 9.95. The Morgan fingerprint density at radius 2 is 1.92 bits per heavy atom. The predicted octanol–water partition coefficient (Wildman–Crippen LogP) is 4.06. The van der Waals surface area contributed by atoms with Gasteiger partial charge in [-0.1, -0.05) is 40.9 Å². The molecule has 4 aromatic rings. The summed E-state index contributed by atoms with van der Waals surface area (Å²) in [6.07, 6.45) is 6.44. The van der Waals surface area contributed by atoms with E-state index in [2.05, 4.69) is 15.4 Å². The molecule has 36 heavy (non-hydrogen) atoms. The van der Waals surface area contributed by atoms with Gasteiger partial charge in [0.25, 0.3) is 0 Å². The first-order valence-electron chi connectivity index (χ1n) is 11.2. The second kappa shape index (κ2) is 10.2. The van der Waals surface area contributed by atoms with Gasteiger partial charge in [-0.2, -0.15) is 13.9 Å². The molecule has 4 heterocycles. The molecule has 2 radical (unpaired) electrons. The first-order chi connectivity index (χ1) is 17.2. The molecule has 5 rings (SSSR count). The van der Waals surface area contributed by atoms with Gasteiger partial charge in [0, 0.05) is 55.2 Å². The summed E-state index contributed by atoms with van der Waals surface area (Å²) >= 11 is 18.5. The van der Waals surface area contributed by atoms with Crippen LogP contribution in [0.1, 0.15) is 30.0 Å². The van der Waals surface area contributed by atoms with Crippen molar-refractivity contribution in [2.45, 2.75) is 30.2 Å². The van der Waals surface area contributed by atoms with Crippen LogP contribution in [0.4, 0.5) is 5.82 Å². The standard InChI is InChI=1S/C23H20BCl3N6O2S/c24-17-12-30-33-21(29-11-14-3-1-5-28-10-14)9-20(31-23(17)33)15-4-2-6-32(13-15)36(34,35)22-18(26)7-16(25)8-19(22)27/h1,3,5,7-10,12,15,29H,2,4,6,11,13H2. The fraction of sp³-hybridized carbons (Fsp3) is 0.261. The van der Waals surface area contributed by atoms with Crippen LogP contribution in [0.3, 0.4) is 0 Å². The van der Waals surface area contributed by atoms with E-state index in [0.29, 0.717) is 36.4 Å². The molecule has 184 valence electrons. The maximum Gasteiger partial charge on any atom is 0.246 e. The lowest BCUT2D eigenvalue weighted by Gasteiger charge is -2.32. The molecule has 0 bridgehead atoms. The fourth-order valence-electron chi connectivity index (χ4n) is 4.34. The molecule has 0 spiro atoms. The summed E-state index contributed by atoms with van der Waals surface area (Å²) in [5.41, 5.74) is 2.65. The number of benzene rings is 1. The largest absolute Gasteiger partial charge is 0.366 e. The lowest BCUT2D eigenvalue weighted by Crippen LogP contribution is -2.39. The van der Waals surface area contributed by atoms with Crippen LogP contribution in [0.2, 0.25) is 15.1 Å². The SMILES string of the molecule is [B]c1cnn2c(NCc3cccnc3)cc(C3CCCN(S(=O)(=O)c4c(Cl)cc(Cl)cc4Cl)C3)nc12. The lowest BCUT2D eigenvalue weighted by molar-refractivity contribution is 0.313. The van der Waals surface area contributed by atoms with Crippen molar-refractivity contribution in [3.8, 4) is 0 Å². The third kappa shape index (κ3) is 4.93. The van der Waals surface area contributed by atoms with Crippen molar-refractivity contribution >= 4 is 69.6 Å². The van der Waals surface area contributed by atoms with Crippen molar-refractivity contribution in [2.24, 2.45) is 0 Å². The van der Waals surface area contributed by atoms with Crippen LogP contribution in [-0.4, -0.2) is 53.2 Å². The first kappa shape index (κ1) is 25.3. The molecule has 1 aliphatic heterocycles. The Balaban J connectivity index is 1.46. The maximum absolute atomic E-state index is 13.5. The maximum atomic E-state index is 13.5. The van der Waals surface area contributed by atoms with Gasteiger partial charge in [0.1, 0.15) is 18.6 Å². The molecular formula is C23H20BCl3N6O2S. The average molecular weight is 562 g/mol. The predicted molar refractivity (Wildman–Crippen MR) is 142 cm³/mol. The summed E-state index contributed by atoms with van der Waals surface area (Å²) in [5.74, 6) is 0.524. The van der Waals surface area contributed by atoms with Gasteiger partial charge in [-0.3, -0.25) is 4.98 Å². The molecule has 1 atom stereocenters. The molecule has 0 amide bonds.